The fourth-order valence-electron chi connectivity index (χ4n) is 8.24. The van der Waals surface area contributed by atoms with Crippen molar-refractivity contribution in [3.63, 3.8) is 0 Å². The summed E-state index contributed by atoms with van der Waals surface area (Å²) < 4.78 is 0. The maximum atomic E-state index is 12.4. The lowest BCUT2D eigenvalue weighted by molar-refractivity contribution is -0.128. The van der Waals surface area contributed by atoms with E-state index in [1.165, 1.54) is 31.3 Å². The first-order chi connectivity index (χ1) is 16.8. The normalized spacial score (nSPS) is 37.0. The summed E-state index contributed by atoms with van der Waals surface area (Å²) in [6, 6.07) is 3.75. The van der Waals surface area contributed by atoms with Crippen LogP contribution in [0.25, 0.3) is 0 Å². The molecular formula is C29H39N3O3. The number of rotatable bonds is 6. The molecule has 0 radical (unpaired) electrons. The minimum atomic E-state index is -0.175. The number of nitrogens with zero attached hydrogens (tertiary/aromatic N) is 2. The highest BCUT2D eigenvalue weighted by Gasteiger charge is 2.59. The summed E-state index contributed by atoms with van der Waals surface area (Å²) in [4.78, 5) is 33.9. The molecule has 0 bridgehead atoms. The summed E-state index contributed by atoms with van der Waals surface area (Å²) in [5, 5.41) is 7.18. The second-order valence-corrected chi connectivity index (χ2v) is 11.8. The van der Waals surface area contributed by atoms with Crippen LogP contribution < -0.4 is 5.32 Å². The quantitative estimate of drug-likeness (QED) is 0.568. The lowest BCUT2D eigenvalue weighted by Crippen LogP contribution is -2.51. The number of pyridine rings is 1. The molecule has 3 saturated carbocycles. The Morgan fingerprint density at radius 1 is 1.09 bits per heavy atom. The molecule has 3 fully saturated rings. The van der Waals surface area contributed by atoms with Gasteiger partial charge < -0.3 is 10.2 Å². The number of allylic oxidation sites excluding steroid dienone is 2. The number of ketones is 1. The topological polar surface area (TPSA) is 80.6 Å². The molecule has 0 spiro atoms. The van der Waals surface area contributed by atoms with Crippen molar-refractivity contribution in [3.8, 4) is 0 Å². The number of carbonyl (C=O) groups excluding carboxylic acids is 2. The van der Waals surface area contributed by atoms with Crippen LogP contribution in [0.3, 0.4) is 0 Å². The predicted molar refractivity (Wildman–Crippen MR) is 135 cm³/mol. The van der Waals surface area contributed by atoms with E-state index in [0.717, 1.165) is 42.9 Å². The van der Waals surface area contributed by atoms with Crippen molar-refractivity contribution in [2.24, 2.45) is 39.7 Å². The van der Waals surface area contributed by atoms with Gasteiger partial charge >= 0.3 is 0 Å². The van der Waals surface area contributed by atoms with Crippen LogP contribution in [-0.4, -0.2) is 29.0 Å². The van der Waals surface area contributed by atoms with Crippen molar-refractivity contribution in [1.29, 1.82) is 0 Å². The standard InChI is InChI=1S/C29H39N3O3/c1-19(33)24-6-7-25-23-5-4-21-16-22(8-12-28(21,2)26(23)9-13-29(24,25)3)32-35-18-27(34)31-17-20-10-14-30-15-11-20/h10-11,14-16,23-26H,4-9,12-13,17-18H2,1-3H3,(H,31,34)/t23-,24-,25+,26-,28-,29+/m0/s1. The highest BCUT2D eigenvalue weighted by Crippen LogP contribution is 2.66. The van der Waals surface area contributed by atoms with Gasteiger partial charge in [0.05, 0.1) is 5.71 Å². The van der Waals surface area contributed by atoms with Crippen LogP contribution in [0.15, 0.2) is 41.3 Å². The SMILES string of the molecule is CC(=O)[C@@H]1CC[C@@H]2[C@@H]3CCC4=CC(=NOCC(=O)NCc5ccncc5)CC[C@]4(C)[C@H]3CC[C@@]21C. The zero-order valence-corrected chi connectivity index (χ0v) is 21.4. The van der Waals surface area contributed by atoms with Crippen LogP contribution >= 0.6 is 0 Å². The summed E-state index contributed by atoms with van der Waals surface area (Å²) in [6.07, 6.45) is 14.7. The van der Waals surface area contributed by atoms with Gasteiger partial charge in [-0.1, -0.05) is 24.6 Å². The lowest BCUT2D eigenvalue weighted by atomic mass is 9.46. The Balaban J connectivity index is 1.20. The molecule has 4 aliphatic rings. The molecule has 0 aliphatic heterocycles. The molecule has 5 rings (SSSR count). The monoisotopic (exact) mass is 477 g/mol. The van der Waals surface area contributed by atoms with Crippen LogP contribution in [-0.2, 0) is 21.0 Å². The predicted octanol–water partition coefficient (Wildman–Crippen LogP) is 5.24. The first kappa shape index (κ1) is 24.2. The molecule has 6 nitrogen and oxygen atoms in total. The van der Waals surface area contributed by atoms with Gasteiger partial charge in [0.25, 0.3) is 5.91 Å². The molecule has 1 aromatic heterocycles. The second-order valence-electron chi connectivity index (χ2n) is 11.8. The smallest absolute Gasteiger partial charge is 0.261 e. The number of hydrogen-bond acceptors (Lipinski definition) is 5. The Morgan fingerprint density at radius 2 is 1.89 bits per heavy atom. The molecule has 1 aromatic rings. The van der Waals surface area contributed by atoms with Crippen molar-refractivity contribution in [3.05, 3.63) is 41.7 Å². The van der Waals surface area contributed by atoms with Crippen molar-refractivity contribution >= 4 is 17.4 Å². The number of Topliss-reactive ketones (excluding diaryl/α,β-unsaturated/α-hetero) is 1. The van der Waals surface area contributed by atoms with E-state index in [1.54, 1.807) is 12.4 Å². The van der Waals surface area contributed by atoms with Gasteiger partial charge in [0, 0.05) is 24.9 Å². The number of aromatic nitrogens is 1. The number of amides is 1. The maximum Gasteiger partial charge on any atom is 0.261 e. The number of carbonyl (C=O) groups is 2. The maximum absolute atomic E-state index is 12.4. The van der Waals surface area contributed by atoms with Crippen molar-refractivity contribution in [2.75, 3.05) is 6.61 Å². The van der Waals surface area contributed by atoms with Gasteiger partial charge in [-0.3, -0.25) is 14.6 Å². The molecule has 1 amide bonds. The van der Waals surface area contributed by atoms with E-state index >= 15 is 0 Å². The molecule has 1 heterocycles. The first-order valence-corrected chi connectivity index (χ1v) is 13.4. The zero-order valence-electron chi connectivity index (χ0n) is 21.4. The van der Waals surface area contributed by atoms with E-state index in [9.17, 15) is 9.59 Å². The lowest BCUT2D eigenvalue weighted by Gasteiger charge is -2.58. The Hall–Kier alpha value is -2.50. The fourth-order valence-corrected chi connectivity index (χ4v) is 8.24. The van der Waals surface area contributed by atoms with Crippen molar-refractivity contribution in [2.45, 2.75) is 78.7 Å². The Labute approximate surface area is 209 Å². The Kier molecular flexibility index (Phi) is 6.58. The van der Waals surface area contributed by atoms with Gasteiger partial charge in [-0.15, -0.1) is 0 Å². The van der Waals surface area contributed by atoms with E-state index < -0.39 is 0 Å². The third kappa shape index (κ3) is 4.45. The van der Waals surface area contributed by atoms with Gasteiger partial charge in [0.1, 0.15) is 5.78 Å². The molecular weight excluding hydrogens is 438 g/mol. The average molecular weight is 478 g/mol. The van der Waals surface area contributed by atoms with E-state index in [0.29, 0.717) is 24.2 Å². The van der Waals surface area contributed by atoms with Crippen LogP contribution in [0.2, 0.25) is 0 Å². The highest BCUT2D eigenvalue weighted by atomic mass is 16.6. The summed E-state index contributed by atoms with van der Waals surface area (Å²) in [6.45, 7) is 7.08. The largest absolute Gasteiger partial charge is 0.385 e. The van der Waals surface area contributed by atoms with Crippen LogP contribution in [0, 0.1) is 34.5 Å². The molecule has 4 aliphatic carbocycles. The fraction of sp³-hybridized carbons (Fsp3) is 0.655. The first-order valence-electron chi connectivity index (χ1n) is 13.4. The minimum absolute atomic E-state index is 0.0721. The van der Waals surface area contributed by atoms with E-state index in [2.05, 4.69) is 35.4 Å². The van der Waals surface area contributed by atoms with Crippen molar-refractivity contribution in [1.82, 2.24) is 10.3 Å². The van der Waals surface area contributed by atoms with Crippen LogP contribution in [0.1, 0.15) is 77.7 Å². The molecule has 0 saturated heterocycles. The number of hydrogen-bond donors (Lipinski definition) is 1. The third-order valence-electron chi connectivity index (χ3n) is 10.1. The van der Waals surface area contributed by atoms with Crippen molar-refractivity contribution < 1.29 is 14.4 Å². The van der Waals surface area contributed by atoms with E-state index in [4.69, 9.17) is 4.84 Å². The van der Waals surface area contributed by atoms with E-state index in [1.807, 2.05) is 19.1 Å². The number of fused-ring (bicyclic) bond motifs is 5. The van der Waals surface area contributed by atoms with E-state index in [-0.39, 0.29) is 29.3 Å². The molecule has 1 N–H and O–H groups in total. The third-order valence-corrected chi connectivity index (χ3v) is 10.1. The molecule has 188 valence electrons. The van der Waals surface area contributed by atoms with Gasteiger partial charge in [0.2, 0.25) is 0 Å². The Bertz CT molecular complexity index is 1030. The molecule has 35 heavy (non-hydrogen) atoms. The van der Waals surface area contributed by atoms with Gasteiger partial charge in [-0.2, -0.15) is 0 Å². The van der Waals surface area contributed by atoms with Gasteiger partial charge in [0.15, 0.2) is 6.61 Å². The summed E-state index contributed by atoms with van der Waals surface area (Å²) >= 11 is 0. The Morgan fingerprint density at radius 3 is 2.66 bits per heavy atom. The van der Waals surface area contributed by atoms with Gasteiger partial charge in [-0.25, -0.2) is 0 Å². The number of nitrogens with one attached hydrogen (secondary N) is 1. The minimum Gasteiger partial charge on any atom is -0.385 e. The highest BCUT2D eigenvalue weighted by molar-refractivity contribution is 5.96. The molecule has 0 unspecified atom stereocenters. The summed E-state index contributed by atoms with van der Waals surface area (Å²) in [5.74, 6) is 2.62. The summed E-state index contributed by atoms with van der Waals surface area (Å²) in [7, 11) is 0. The van der Waals surface area contributed by atoms with Gasteiger partial charge in [-0.05, 0) is 111 Å². The zero-order chi connectivity index (χ0) is 24.6. The average Bonchev–Trinajstić information content (AvgIpc) is 3.21. The summed E-state index contributed by atoms with van der Waals surface area (Å²) in [5.41, 5.74) is 3.90. The number of oxime groups is 1. The second kappa shape index (κ2) is 9.51. The molecule has 6 heteroatoms. The van der Waals surface area contributed by atoms with Crippen LogP contribution in [0.5, 0.6) is 0 Å². The molecule has 0 aromatic carbocycles. The van der Waals surface area contributed by atoms with Crippen LogP contribution in [0.4, 0.5) is 0 Å². The molecule has 6 atom stereocenters.